The van der Waals surface area contributed by atoms with E-state index in [4.69, 9.17) is 4.74 Å². The Bertz CT molecular complexity index is 632. The highest BCUT2D eigenvalue weighted by molar-refractivity contribution is 5.90. The Hall–Kier alpha value is -2.71. The molecule has 0 spiro atoms. The molecule has 24 heavy (non-hydrogen) atoms. The highest BCUT2D eigenvalue weighted by atomic mass is 16.6. The van der Waals surface area contributed by atoms with Crippen LogP contribution >= 0.6 is 0 Å². The van der Waals surface area contributed by atoms with E-state index in [0.29, 0.717) is 0 Å². The summed E-state index contributed by atoms with van der Waals surface area (Å²) in [6.45, 7) is 7.00. The average molecular weight is 339 g/mol. The van der Waals surface area contributed by atoms with Crippen molar-refractivity contribution >= 4 is 23.4 Å². The van der Waals surface area contributed by atoms with Crippen molar-refractivity contribution in [1.82, 2.24) is 4.98 Å². The number of anilines is 1. The molecule has 0 saturated heterocycles. The van der Waals surface area contributed by atoms with E-state index < -0.39 is 22.9 Å². The smallest absolute Gasteiger partial charge is 0.339 e. The number of hydrogen-bond acceptors (Lipinski definition) is 8. The third-order valence-corrected chi connectivity index (χ3v) is 3.31. The van der Waals surface area contributed by atoms with Crippen LogP contribution < -0.4 is 4.90 Å². The number of ether oxygens (including phenoxy) is 2. The third kappa shape index (κ3) is 4.18. The number of hydrogen-bond donors (Lipinski definition) is 0. The van der Waals surface area contributed by atoms with Gasteiger partial charge in [0.1, 0.15) is 6.04 Å². The van der Waals surface area contributed by atoms with Gasteiger partial charge in [-0.05, 0) is 27.7 Å². The van der Waals surface area contributed by atoms with Crippen molar-refractivity contribution in [2.45, 2.75) is 39.8 Å². The maximum absolute atomic E-state index is 12.0. The van der Waals surface area contributed by atoms with Gasteiger partial charge in [-0.25, -0.2) is 14.6 Å². The van der Waals surface area contributed by atoms with E-state index in [-0.39, 0.29) is 29.7 Å². The molecule has 0 aromatic carbocycles. The molecular formula is C15H21N3O6. The fraction of sp³-hybridized carbons (Fsp3) is 0.533. The number of esters is 2. The second kappa shape index (κ2) is 8.23. The summed E-state index contributed by atoms with van der Waals surface area (Å²) in [7, 11) is 1.17. The van der Waals surface area contributed by atoms with E-state index >= 15 is 0 Å². The van der Waals surface area contributed by atoms with Crippen molar-refractivity contribution in [3.8, 4) is 0 Å². The number of rotatable bonds is 7. The molecule has 0 aliphatic carbocycles. The summed E-state index contributed by atoms with van der Waals surface area (Å²) >= 11 is 0. The van der Waals surface area contributed by atoms with Gasteiger partial charge in [0.2, 0.25) is 5.82 Å². The Morgan fingerprint density at radius 1 is 1.38 bits per heavy atom. The summed E-state index contributed by atoms with van der Waals surface area (Å²) in [6.07, 6.45) is 1.18. The molecule has 0 amide bonds. The van der Waals surface area contributed by atoms with E-state index in [1.54, 1.807) is 27.7 Å². The Labute approximate surface area is 139 Å². The molecule has 1 heterocycles. The molecule has 1 atom stereocenters. The summed E-state index contributed by atoms with van der Waals surface area (Å²) in [5.74, 6) is -1.26. The fourth-order valence-electron chi connectivity index (χ4n) is 2.26. The van der Waals surface area contributed by atoms with Gasteiger partial charge in [0.15, 0.2) is 0 Å². The van der Waals surface area contributed by atoms with Crippen LogP contribution in [0.5, 0.6) is 0 Å². The van der Waals surface area contributed by atoms with E-state index in [2.05, 4.69) is 9.72 Å². The van der Waals surface area contributed by atoms with Gasteiger partial charge in [-0.15, -0.1) is 0 Å². The average Bonchev–Trinajstić information content (AvgIpc) is 2.54. The molecule has 0 aliphatic rings. The van der Waals surface area contributed by atoms with Gasteiger partial charge in [0.05, 0.1) is 24.2 Å². The molecule has 0 unspecified atom stereocenters. The summed E-state index contributed by atoms with van der Waals surface area (Å²) in [5, 5.41) is 11.4. The predicted octanol–water partition coefficient (Wildman–Crippen LogP) is 1.94. The van der Waals surface area contributed by atoms with Crippen LogP contribution in [0, 0.1) is 10.1 Å². The zero-order valence-electron chi connectivity index (χ0n) is 14.3. The molecule has 9 heteroatoms. The SMILES string of the molecule is CCOC(=O)[C@H](C)N(c1ncc(C(=O)OC)cc1[N+](=O)[O-])C(C)C. The van der Waals surface area contributed by atoms with Gasteiger partial charge >= 0.3 is 17.6 Å². The lowest BCUT2D eigenvalue weighted by Gasteiger charge is -2.32. The number of methoxy groups -OCH3 is 1. The lowest BCUT2D eigenvalue weighted by molar-refractivity contribution is -0.384. The molecule has 132 valence electrons. The van der Waals surface area contributed by atoms with Gasteiger partial charge in [-0.1, -0.05) is 0 Å². The molecule has 1 aromatic heterocycles. The minimum atomic E-state index is -0.778. The van der Waals surface area contributed by atoms with Crippen molar-refractivity contribution in [3.63, 3.8) is 0 Å². The highest BCUT2D eigenvalue weighted by Gasteiger charge is 2.32. The minimum Gasteiger partial charge on any atom is -0.465 e. The van der Waals surface area contributed by atoms with Gasteiger partial charge < -0.3 is 14.4 Å². The first-order chi connectivity index (χ1) is 11.2. The lowest BCUT2D eigenvalue weighted by atomic mass is 10.1. The third-order valence-electron chi connectivity index (χ3n) is 3.31. The Balaban J connectivity index is 3.40. The minimum absolute atomic E-state index is 0.0109. The Morgan fingerprint density at radius 3 is 2.46 bits per heavy atom. The maximum atomic E-state index is 12.0. The first-order valence-corrected chi connectivity index (χ1v) is 7.42. The molecule has 0 radical (unpaired) electrons. The molecule has 9 nitrogen and oxygen atoms in total. The number of nitro groups is 1. The summed E-state index contributed by atoms with van der Waals surface area (Å²) in [6, 6.07) is 0.0428. The van der Waals surface area contributed by atoms with Crippen LogP contribution in [0.25, 0.3) is 0 Å². The second-order valence-corrected chi connectivity index (χ2v) is 5.24. The summed E-state index contributed by atoms with van der Waals surface area (Å²) < 4.78 is 9.53. The molecule has 1 aromatic rings. The van der Waals surface area contributed by atoms with Crippen LogP contribution in [-0.2, 0) is 14.3 Å². The Kier molecular flexibility index (Phi) is 6.63. The van der Waals surface area contributed by atoms with Crippen molar-refractivity contribution in [2.75, 3.05) is 18.6 Å². The number of carbonyl (C=O) groups is 2. The van der Waals surface area contributed by atoms with Crippen LogP contribution in [-0.4, -0.2) is 47.6 Å². The van der Waals surface area contributed by atoms with Gasteiger partial charge in [0.25, 0.3) is 0 Å². The molecule has 0 saturated carbocycles. The van der Waals surface area contributed by atoms with Crippen molar-refractivity contribution in [2.24, 2.45) is 0 Å². The predicted molar refractivity (Wildman–Crippen MR) is 85.9 cm³/mol. The van der Waals surface area contributed by atoms with Crippen molar-refractivity contribution in [1.29, 1.82) is 0 Å². The quantitative estimate of drug-likeness (QED) is 0.421. The normalized spacial score (nSPS) is 11.8. The lowest BCUT2D eigenvalue weighted by Crippen LogP contribution is -2.45. The summed E-state index contributed by atoms with van der Waals surface area (Å²) in [4.78, 5) is 39.9. The first kappa shape index (κ1) is 19.3. The standard InChI is InChI=1S/C15H21N3O6/c1-6-24-14(19)10(4)17(9(2)3)13-12(18(21)22)7-11(8-16-13)15(20)23-5/h7-10H,6H2,1-5H3/t10-/m0/s1. The van der Waals surface area contributed by atoms with Gasteiger partial charge in [0, 0.05) is 18.3 Å². The zero-order valence-corrected chi connectivity index (χ0v) is 14.3. The largest absolute Gasteiger partial charge is 0.465 e. The molecule has 0 N–H and O–H groups in total. The number of pyridine rings is 1. The van der Waals surface area contributed by atoms with Crippen molar-refractivity contribution in [3.05, 3.63) is 27.9 Å². The monoisotopic (exact) mass is 339 g/mol. The van der Waals surface area contributed by atoms with Crippen LogP contribution in [0.2, 0.25) is 0 Å². The maximum Gasteiger partial charge on any atom is 0.339 e. The van der Waals surface area contributed by atoms with E-state index in [0.717, 1.165) is 6.07 Å². The summed E-state index contributed by atoms with van der Waals surface area (Å²) in [5.41, 5.74) is -0.428. The van der Waals surface area contributed by atoms with Crippen LogP contribution in [0.3, 0.4) is 0 Å². The molecule has 0 fully saturated rings. The first-order valence-electron chi connectivity index (χ1n) is 7.42. The van der Waals surface area contributed by atoms with Gasteiger partial charge in [-0.3, -0.25) is 10.1 Å². The molecule has 0 bridgehead atoms. The zero-order chi connectivity index (χ0) is 18.4. The Morgan fingerprint density at radius 2 is 2.00 bits per heavy atom. The van der Waals surface area contributed by atoms with Crippen LogP contribution in [0.1, 0.15) is 38.1 Å². The van der Waals surface area contributed by atoms with Crippen molar-refractivity contribution < 1.29 is 24.0 Å². The van der Waals surface area contributed by atoms with Crippen LogP contribution in [0.15, 0.2) is 12.3 Å². The molecule has 1 rings (SSSR count). The van der Waals surface area contributed by atoms with E-state index in [1.807, 2.05) is 0 Å². The fourth-order valence-corrected chi connectivity index (χ4v) is 2.26. The molecular weight excluding hydrogens is 318 g/mol. The topological polar surface area (TPSA) is 112 Å². The number of carbonyl (C=O) groups excluding carboxylic acids is 2. The molecule has 0 aliphatic heterocycles. The van der Waals surface area contributed by atoms with Crippen LogP contribution in [0.4, 0.5) is 11.5 Å². The van der Waals surface area contributed by atoms with E-state index in [1.165, 1.54) is 18.2 Å². The van der Waals surface area contributed by atoms with Gasteiger partial charge in [-0.2, -0.15) is 0 Å². The van der Waals surface area contributed by atoms with E-state index in [9.17, 15) is 19.7 Å². The second-order valence-electron chi connectivity index (χ2n) is 5.24. The number of aromatic nitrogens is 1. The number of nitrogens with zero attached hydrogens (tertiary/aromatic N) is 3. The highest BCUT2D eigenvalue weighted by Crippen LogP contribution is 2.30.